The number of aromatic nitrogens is 1. The van der Waals surface area contributed by atoms with Gasteiger partial charge in [-0.15, -0.1) is 0 Å². The molecule has 2 heteroatoms. The number of Topliss-reactive ketones (excluding diaryl/α,β-unsaturated/α-hetero) is 1. The Morgan fingerprint density at radius 2 is 2.00 bits per heavy atom. The molecule has 2 nitrogen and oxygen atoms in total. The van der Waals surface area contributed by atoms with E-state index in [0.717, 1.165) is 35.0 Å². The van der Waals surface area contributed by atoms with Gasteiger partial charge in [0.05, 0.1) is 0 Å². The van der Waals surface area contributed by atoms with E-state index in [9.17, 15) is 4.79 Å². The number of benzene rings is 1. The van der Waals surface area contributed by atoms with Crippen molar-refractivity contribution in [2.24, 2.45) is 13.0 Å². The van der Waals surface area contributed by atoms with Crippen LogP contribution in [0.15, 0.2) is 24.3 Å². The Kier molecular flexibility index (Phi) is 2.32. The van der Waals surface area contributed by atoms with E-state index in [1.807, 2.05) is 26.1 Å². The van der Waals surface area contributed by atoms with Gasteiger partial charge < -0.3 is 4.57 Å². The van der Waals surface area contributed by atoms with E-state index in [1.165, 1.54) is 6.42 Å². The van der Waals surface area contributed by atoms with Gasteiger partial charge >= 0.3 is 0 Å². The Balaban J connectivity index is 2.21. The minimum Gasteiger partial charge on any atom is -0.347 e. The molecule has 0 saturated heterocycles. The first-order chi connectivity index (χ1) is 8.20. The molecule has 1 aliphatic carbocycles. The van der Waals surface area contributed by atoms with E-state index in [2.05, 4.69) is 16.7 Å². The molecule has 0 unspecified atom stereocenters. The lowest BCUT2D eigenvalue weighted by atomic mass is 9.79. The first-order valence-corrected chi connectivity index (χ1v) is 6.28. The number of nitrogens with zero attached hydrogens (tertiary/aromatic N) is 1. The third-order valence-corrected chi connectivity index (χ3v) is 4.12. The molecule has 0 aliphatic heterocycles. The number of ketones is 1. The Hall–Kier alpha value is -1.57. The molecule has 0 spiro atoms. The first kappa shape index (κ1) is 10.6. The van der Waals surface area contributed by atoms with E-state index >= 15 is 0 Å². The molecule has 1 aliphatic rings. The van der Waals surface area contributed by atoms with Crippen molar-refractivity contribution in [3.05, 3.63) is 35.5 Å². The van der Waals surface area contributed by atoms with Crippen LogP contribution in [0, 0.1) is 12.8 Å². The smallest absolute Gasteiger partial charge is 0.168 e. The molecule has 1 saturated carbocycles. The maximum Gasteiger partial charge on any atom is 0.168 e. The van der Waals surface area contributed by atoms with Crippen molar-refractivity contribution in [1.29, 1.82) is 0 Å². The fraction of sp³-hybridized carbons (Fsp3) is 0.400. The molecule has 2 aromatic rings. The summed E-state index contributed by atoms with van der Waals surface area (Å²) in [5, 5.41) is 1.12. The van der Waals surface area contributed by atoms with Gasteiger partial charge in [-0.05, 0) is 25.8 Å². The van der Waals surface area contributed by atoms with Crippen LogP contribution in [0.5, 0.6) is 0 Å². The highest BCUT2D eigenvalue weighted by molar-refractivity contribution is 6.10. The fourth-order valence-corrected chi connectivity index (χ4v) is 2.71. The summed E-state index contributed by atoms with van der Waals surface area (Å²) in [6, 6.07) is 8.19. The molecule has 1 aromatic carbocycles. The third kappa shape index (κ3) is 1.43. The second-order valence-electron chi connectivity index (χ2n) is 5.03. The molecule has 17 heavy (non-hydrogen) atoms. The van der Waals surface area contributed by atoms with Gasteiger partial charge in [0.15, 0.2) is 5.78 Å². The lowest BCUT2D eigenvalue weighted by Gasteiger charge is -2.23. The summed E-state index contributed by atoms with van der Waals surface area (Å²) in [5.41, 5.74) is 3.21. The van der Waals surface area contributed by atoms with Crippen molar-refractivity contribution < 1.29 is 4.79 Å². The maximum absolute atomic E-state index is 12.5. The molecule has 88 valence electrons. The number of carbonyl (C=O) groups is 1. The number of hydrogen-bond donors (Lipinski definition) is 0. The molecular weight excluding hydrogens is 210 g/mol. The fourth-order valence-electron chi connectivity index (χ4n) is 2.71. The highest BCUT2D eigenvalue weighted by atomic mass is 16.1. The minimum atomic E-state index is 0.277. The molecule has 0 bridgehead atoms. The normalized spacial score (nSPS) is 16.1. The monoisotopic (exact) mass is 227 g/mol. The largest absolute Gasteiger partial charge is 0.347 e. The van der Waals surface area contributed by atoms with E-state index in [0.29, 0.717) is 5.78 Å². The average Bonchev–Trinajstić information content (AvgIpc) is 2.50. The van der Waals surface area contributed by atoms with Gasteiger partial charge in [-0.3, -0.25) is 4.79 Å². The van der Waals surface area contributed by atoms with Gasteiger partial charge in [0.1, 0.15) is 0 Å². The summed E-state index contributed by atoms with van der Waals surface area (Å²) in [5.74, 6) is 0.630. The highest BCUT2D eigenvalue weighted by Gasteiger charge is 2.29. The lowest BCUT2D eigenvalue weighted by molar-refractivity contribution is 0.0856. The van der Waals surface area contributed by atoms with Crippen LogP contribution in [0.2, 0.25) is 0 Å². The van der Waals surface area contributed by atoms with E-state index in [-0.39, 0.29) is 5.92 Å². The predicted molar refractivity (Wildman–Crippen MR) is 69.3 cm³/mol. The van der Waals surface area contributed by atoms with E-state index in [1.54, 1.807) is 0 Å². The quantitative estimate of drug-likeness (QED) is 0.720. The average molecular weight is 227 g/mol. The van der Waals surface area contributed by atoms with Crippen LogP contribution in [0.1, 0.15) is 35.3 Å². The van der Waals surface area contributed by atoms with Gasteiger partial charge in [0.25, 0.3) is 0 Å². The van der Waals surface area contributed by atoms with E-state index in [4.69, 9.17) is 0 Å². The Bertz CT molecular complexity index is 590. The van der Waals surface area contributed by atoms with Crippen molar-refractivity contribution in [2.45, 2.75) is 26.2 Å². The van der Waals surface area contributed by atoms with Gasteiger partial charge in [0.2, 0.25) is 0 Å². The second-order valence-corrected chi connectivity index (χ2v) is 5.03. The van der Waals surface area contributed by atoms with Crippen LogP contribution in [0.4, 0.5) is 0 Å². The van der Waals surface area contributed by atoms with Crippen molar-refractivity contribution in [3.63, 3.8) is 0 Å². The molecular formula is C15H17NO. The Labute approximate surface area is 101 Å². The van der Waals surface area contributed by atoms with Crippen LogP contribution in [-0.2, 0) is 7.05 Å². The number of rotatable bonds is 2. The zero-order valence-corrected chi connectivity index (χ0v) is 10.4. The summed E-state index contributed by atoms with van der Waals surface area (Å²) in [7, 11) is 2.04. The number of hydrogen-bond acceptors (Lipinski definition) is 1. The van der Waals surface area contributed by atoms with Crippen LogP contribution < -0.4 is 0 Å². The third-order valence-electron chi connectivity index (χ3n) is 4.12. The topological polar surface area (TPSA) is 22.0 Å². The van der Waals surface area contributed by atoms with Gasteiger partial charge in [-0.2, -0.15) is 0 Å². The van der Waals surface area contributed by atoms with Crippen molar-refractivity contribution in [2.75, 3.05) is 0 Å². The summed E-state index contributed by atoms with van der Waals surface area (Å²) >= 11 is 0. The maximum atomic E-state index is 12.5. The van der Waals surface area contributed by atoms with Crippen LogP contribution in [0.3, 0.4) is 0 Å². The van der Waals surface area contributed by atoms with Crippen molar-refractivity contribution in [1.82, 2.24) is 4.57 Å². The number of para-hydroxylation sites is 1. The van der Waals surface area contributed by atoms with Gasteiger partial charge in [-0.25, -0.2) is 0 Å². The summed E-state index contributed by atoms with van der Waals surface area (Å²) in [6.45, 7) is 2.05. The number of aryl methyl sites for hydroxylation is 1. The molecule has 0 amide bonds. The summed E-state index contributed by atoms with van der Waals surface area (Å²) in [6.07, 6.45) is 3.35. The van der Waals surface area contributed by atoms with Crippen LogP contribution >= 0.6 is 0 Å². The van der Waals surface area contributed by atoms with Crippen molar-refractivity contribution in [3.8, 4) is 0 Å². The second kappa shape index (κ2) is 3.73. The molecule has 0 radical (unpaired) electrons. The molecule has 0 N–H and O–H groups in total. The highest BCUT2D eigenvalue weighted by Crippen LogP contribution is 2.34. The summed E-state index contributed by atoms with van der Waals surface area (Å²) < 4.78 is 2.13. The van der Waals surface area contributed by atoms with Gasteiger partial charge in [-0.1, -0.05) is 24.6 Å². The minimum absolute atomic E-state index is 0.277. The summed E-state index contributed by atoms with van der Waals surface area (Å²) in [4.78, 5) is 12.5. The van der Waals surface area contributed by atoms with Crippen LogP contribution in [-0.4, -0.2) is 10.4 Å². The van der Waals surface area contributed by atoms with E-state index < -0.39 is 0 Å². The number of fused-ring (bicyclic) bond motifs is 1. The molecule has 1 fully saturated rings. The molecule has 1 aromatic heterocycles. The van der Waals surface area contributed by atoms with Crippen LogP contribution in [0.25, 0.3) is 10.9 Å². The zero-order valence-electron chi connectivity index (χ0n) is 10.4. The first-order valence-electron chi connectivity index (χ1n) is 6.28. The van der Waals surface area contributed by atoms with Crippen molar-refractivity contribution >= 4 is 16.7 Å². The standard InChI is InChI=1S/C15H17NO/c1-10-14(15(17)11-6-5-7-11)12-8-3-4-9-13(12)16(10)2/h3-4,8-9,11H,5-7H2,1-2H3. The predicted octanol–water partition coefficient (Wildman–Crippen LogP) is 3.47. The Morgan fingerprint density at radius 1 is 1.29 bits per heavy atom. The molecule has 0 atom stereocenters. The zero-order chi connectivity index (χ0) is 12.0. The molecule has 1 heterocycles. The number of carbonyl (C=O) groups excluding carboxylic acids is 1. The molecule has 3 rings (SSSR count). The lowest BCUT2D eigenvalue weighted by Crippen LogP contribution is -2.22. The Morgan fingerprint density at radius 3 is 2.65 bits per heavy atom. The van der Waals surface area contributed by atoms with Gasteiger partial charge in [0, 0.05) is 35.1 Å². The SMILES string of the molecule is Cc1c(C(=O)C2CCC2)c2ccccc2n1C.